The third-order valence-corrected chi connectivity index (χ3v) is 8.98. The number of rotatable bonds is 4. The Balaban J connectivity index is 0.957. The fourth-order valence-electron chi connectivity index (χ4n) is 6.65. The molecule has 2 aromatic carbocycles. The largest absolute Gasteiger partial charge is 0.354 e. The first kappa shape index (κ1) is 27.2. The number of carbonyl (C=O) groups is 5. The van der Waals surface area contributed by atoms with Gasteiger partial charge in [-0.1, -0.05) is 5.16 Å². The fourth-order valence-corrected chi connectivity index (χ4v) is 6.65. The van der Waals surface area contributed by atoms with Crippen LogP contribution in [-0.4, -0.2) is 101 Å². The molecule has 13 heteroatoms. The van der Waals surface area contributed by atoms with Gasteiger partial charge in [0, 0.05) is 63.4 Å². The predicted molar refractivity (Wildman–Crippen MR) is 150 cm³/mol. The van der Waals surface area contributed by atoms with Gasteiger partial charge in [0.1, 0.15) is 11.9 Å². The number of fused-ring (bicyclic) bond motifs is 2. The Hall–Kier alpha value is -4.65. The van der Waals surface area contributed by atoms with Crippen molar-refractivity contribution in [3.8, 4) is 0 Å². The van der Waals surface area contributed by atoms with E-state index in [1.807, 2.05) is 0 Å². The minimum absolute atomic E-state index is 0.0419. The number of aromatic nitrogens is 1. The Morgan fingerprint density at radius 3 is 2.37 bits per heavy atom. The van der Waals surface area contributed by atoms with E-state index in [-0.39, 0.29) is 35.7 Å². The summed E-state index contributed by atoms with van der Waals surface area (Å²) in [5.74, 6) is -2.18. The van der Waals surface area contributed by atoms with Crippen LogP contribution in [0.2, 0.25) is 0 Å². The highest BCUT2D eigenvalue weighted by atomic mass is 19.1. The third kappa shape index (κ3) is 4.73. The highest BCUT2D eigenvalue weighted by Gasteiger charge is 2.45. The van der Waals surface area contributed by atoms with Gasteiger partial charge in [0.2, 0.25) is 11.8 Å². The second kappa shape index (κ2) is 10.6. The van der Waals surface area contributed by atoms with Gasteiger partial charge in [-0.15, -0.1) is 0 Å². The topological polar surface area (TPSA) is 136 Å². The number of carbonyl (C=O) groups excluding carboxylic acids is 5. The molecule has 1 N–H and O–H groups in total. The minimum atomic E-state index is -1.05. The van der Waals surface area contributed by atoms with Gasteiger partial charge in [-0.05, 0) is 49.6 Å². The number of piperazine rings is 1. The summed E-state index contributed by atoms with van der Waals surface area (Å²) < 4.78 is 18.8. The van der Waals surface area contributed by atoms with Gasteiger partial charge in [-0.2, -0.15) is 0 Å². The van der Waals surface area contributed by atoms with Crippen molar-refractivity contribution in [1.29, 1.82) is 0 Å². The Bertz CT molecular complexity index is 1670. The zero-order valence-electron chi connectivity index (χ0n) is 23.3. The summed E-state index contributed by atoms with van der Waals surface area (Å²) in [6.07, 6.45) is 1.73. The molecule has 3 saturated heterocycles. The number of hydrogen-bond acceptors (Lipinski definition) is 9. The zero-order chi connectivity index (χ0) is 29.8. The molecule has 3 aromatic rings. The number of nitrogens with zero attached hydrogens (tertiary/aromatic N) is 5. The standard InChI is InChI=1S/C30H29FN6O6/c31-18-2-4-21-24(16-18)43-33-26(21)35-13-11-34(12-14-35)19-7-9-36(10-8-19)28(40)17-1-3-20-22(15-17)30(42)37(29(20)41)23-5-6-25(38)32-27(23)39/h1-4,15-16,19,23H,5-14H2,(H,32,38,39). The Morgan fingerprint density at radius 2 is 1.63 bits per heavy atom. The van der Waals surface area contributed by atoms with E-state index in [4.69, 9.17) is 4.52 Å². The Labute approximate surface area is 245 Å². The number of amides is 5. The fraction of sp³-hybridized carbons (Fsp3) is 0.400. The summed E-state index contributed by atoms with van der Waals surface area (Å²) in [7, 11) is 0. The quantitative estimate of drug-likeness (QED) is 0.453. The molecule has 1 unspecified atom stereocenters. The number of benzene rings is 2. The summed E-state index contributed by atoms with van der Waals surface area (Å²) in [4.78, 5) is 70.6. The smallest absolute Gasteiger partial charge is 0.262 e. The van der Waals surface area contributed by atoms with E-state index in [0.29, 0.717) is 30.3 Å². The van der Waals surface area contributed by atoms with Crippen LogP contribution in [0.15, 0.2) is 40.9 Å². The van der Waals surface area contributed by atoms with E-state index in [9.17, 15) is 28.4 Å². The monoisotopic (exact) mass is 588 g/mol. The van der Waals surface area contributed by atoms with Gasteiger partial charge >= 0.3 is 0 Å². The predicted octanol–water partition coefficient (Wildman–Crippen LogP) is 1.79. The molecule has 0 aliphatic carbocycles. The molecule has 1 aromatic heterocycles. The number of piperidine rings is 2. The van der Waals surface area contributed by atoms with Crippen LogP contribution in [0.5, 0.6) is 0 Å². The molecule has 4 aliphatic rings. The Morgan fingerprint density at radius 1 is 0.884 bits per heavy atom. The van der Waals surface area contributed by atoms with Gasteiger partial charge in [-0.3, -0.25) is 39.1 Å². The molecule has 12 nitrogen and oxygen atoms in total. The average Bonchev–Trinajstić information content (AvgIpc) is 3.54. The molecule has 222 valence electrons. The SMILES string of the molecule is O=C1CCC(N2C(=O)c3ccc(C(=O)N4CCC(N5CCN(c6noc7cc(F)ccc67)CC5)CC4)cc3C2=O)C(=O)N1. The van der Waals surface area contributed by atoms with E-state index in [1.54, 1.807) is 17.0 Å². The summed E-state index contributed by atoms with van der Waals surface area (Å²) >= 11 is 0. The molecule has 3 fully saturated rings. The van der Waals surface area contributed by atoms with Crippen LogP contribution in [-0.2, 0) is 9.59 Å². The summed E-state index contributed by atoms with van der Waals surface area (Å²) in [5.41, 5.74) is 0.991. The summed E-state index contributed by atoms with van der Waals surface area (Å²) in [6.45, 7) is 4.31. The lowest BCUT2D eigenvalue weighted by molar-refractivity contribution is -0.136. The zero-order valence-corrected chi connectivity index (χ0v) is 23.3. The second-order valence-electron chi connectivity index (χ2n) is 11.4. The van der Waals surface area contributed by atoms with Crippen LogP contribution in [0.1, 0.15) is 56.8 Å². The molecule has 0 spiro atoms. The molecule has 0 saturated carbocycles. The number of halogens is 1. The van der Waals surface area contributed by atoms with Crippen LogP contribution < -0.4 is 10.2 Å². The molecule has 43 heavy (non-hydrogen) atoms. The van der Waals surface area contributed by atoms with Crippen molar-refractivity contribution in [2.45, 2.75) is 37.8 Å². The summed E-state index contributed by atoms with van der Waals surface area (Å²) in [5, 5.41) is 7.15. The number of imide groups is 2. The van der Waals surface area contributed by atoms with Crippen molar-refractivity contribution in [3.63, 3.8) is 0 Å². The van der Waals surface area contributed by atoms with E-state index in [1.165, 1.54) is 24.3 Å². The number of hydrogen-bond donors (Lipinski definition) is 1. The van der Waals surface area contributed by atoms with E-state index in [0.717, 1.165) is 55.1 Å². The van der Waals surface area contributed by atoms with Crippen LogP contribution in [0.3, 0.4) is 0 Å². The van der Waals surface area contributed by atoms with E-state index >= 15 is 0 Å². The lowest BCUT2D eigenvalue weighted by Crippen LogP contribution is -2.54. The van der Waals surface area contributed by atoms with E-state index < -0.39 is 29.7 Å². The van der Waals surface area contributed by atoms with Gasteiger partial charge in [0.15, 0.2) is 11.4 Å². The maximum absolute atomic E-state index is 13.5. The normalized spacial score (nSPS) is 22.0. The second-order valence-corrected chi connectivity index (χ2v) is 11.4. The van der Waals surface area contributed by atoms with Crippen molar-refractivity contribution in [1.82, 2.24) is 25.2 Å². The first-order chi connectivity index (χ1) is 20.8. The van der Waals surface area contributed by atoms with Crippen molar-refractivity contribution in [3.05, 3.63) is 58.9 Å². The lowest BCUT2D eigenvalue weighted by atomic mass is 10.00. The van der Waals surface area contributed by atoms with Gasteiger partial charge in [-0.25, -0.2) is 4.39 Å². The first-order valence-electron chi connectivity index (χ1n) is 14.5. The van der Waals surface area contributed by atoms with Crippen LogP contribution in [0, 0.1) is 5.82 Å². The van der Waals surface area contributed by atoms with Gasteiger partial charge < -0.3 is 14.3 Å². The van der Waals surface area contributed by atoms with Crippen LogP contribution in [0.25, 0.3) is 11.0 Å². The lowest BCUT2D eigenvalue weighted by Gasteiger charge is -2.42. The van der Waals surface area contributed by atoms with Gasteiger partial charge in [0.05, 0.1) is 16.5 Å². The molecular formula is C30H29FN6O6. The van der Waals surface area contributed by atoms with Gasteiger partial charge in [0.25, 0.3) is 17.7 Å². The van der Waals surface area contributed by atoms with Crippen LogP contribution in [0.4, 0.5) is 10.2 Å². The van der Waals surface area contributed by atoms with Crippen molar-refractivity contribution in [2.24, 2.45) is 0 Å². The molecule has 0 radical (unpaired) electrons. The first-order valence-corrected chi connectivity index (χ1v) is 14.5. The summed E-state index contributed by atoms with van der Waals surface area (Å²) in [6, 6.07) is 8.18. The molecule has 5 amide bonds. The minimum Gasteiger partial charge on any atom is -0.354 e. The van der Waals surface area contributed by atoms with Crippen molar-refractivity contribution < 1.29 is 32.9 Å². The van der Waals surface area contributed by atoms with Crippen molar-refractivity contribution >= 4 is 46.3 Å². The average molecular weight is 589 g/mol. The molecule has 5 heterocycles. The highest BCUT2D eigenvalue weighted by Crippen LogP contribution is 2.31. The molecule has 0 bridgehead atoms. The maximum Gasteiger partial charge on any atom is 0.262 e. The maximum atomic E-state index is 13.5. The molecule has 7 rings (SSSR count). The van der Waals surface area contributed by atoms with Crippen molar-refractivity contribution in [2.75, 3.05) is 44.2 Å². The molecule has 4 aliphatic heterocycles. The van der Waals surface area contributed by atoms with E-state index in [2.05, 4.69) is 20.3 Å². The highest BCUT2D eigenvalue weighted by molar-refractivity contribution is 6.24. The number of likely N-dealkylation sites (tertiary alicyclic amines) is 1. The Kier molecular flexibility index (Phi) is 6.68. The molecular weight excluding hydrogens is 559 g/mol. The van der Waals surface area contributed by atoms with Crippen LogP contribution >= 0.6 is 0 Å². The number of anilines is 1. The number of nitrogens with one attached hydrogen (secondary N) is 1. The molecule has 1 atom stereocenters. The third-order valence-electron chi connectivity index (χ3n) is 8.98.